The van der Waals surface area contributed by atoms with Gasteiger partial charge in [-0.05, 0) is 69.2 Å². The van der Waals surface area contributed by atoms with Gasteiger partial charge in [0.2, 0.25) is 5.88 Å². The highest BCUT2D eigenvalue weighted by molar-refractivity contribution is 7.92. The van der Waals surface area contributed by atoms with E-state index in [1.54, 1.807) is 19.2 Å². The average molecular weight is 498 g/mol. The summed E-state index contributed by atoms with van der Waals surface area (Å²) in [7, 11) is -2.10. The number of hydrogen-bond acceptors (Lipinski definition) is 4. The van der Waals surface area contributed by atoms with Gasteiger partial charge in [0.25, 0.3) is 10.0 Å². The van der Waals surface area contributed by atoms with Gasteiger partial charge >= 0.3 is 0 Å². The van der Waals surface area contributed by atoms with Crippen LogP contribution in [-0.2, 0) is 34.2 Å². The number of sulfonamides is 1. The molecule has 6 heteroatoms. The zero-order valence-corrected chi connectivity index (χ0v) is 22.4. The standard InChI is InChI=1S/C29H39NO4S/c1-5-6-15-28-27(16-11-8-12-21-33-22-25-13-9-7-10-14-25)24(3)34-29(28)30(4)35(31,32)26-19-17-23(2)18-20-26/h7,9-10,13-14,17-20H,5-6,8,11-12,15-16,21-22H2,1-4H3. The quantitative estimate of drug-likeness (QED) is 0.225. The Balaban J connectivity index is 1.63. The van der Waals surface area contributed by atoms with E-state index in [1.807, 2.05) is 44.2 Å². The van der Waals surface area contributed by atoms with E-state index >= 15 is 0 Å². The maximum absolute atomic E-state index is 13.3. The molecule has 0 fully saturated rings. The second-order valence-electron chi connectivity index (χ2n) is 9.16. The second-order valence-corrected chi connectivity index (χ2v) is 11.1. The van der Waals surface area contributed by atoms with Crippen molar-refractivity contribution in [3.63, 3.8) is 0 Å². The summed E-state index contributed by atoms with van der Waals surface area (Å²) in [4.78, 5) is 0.276. The highest BCUT2D eigenvalue weighted by atomic mass is 32.2. The van der Waals surface area contributed by atoms with Crippen LogP contribution in [0.5, 0.6) is 0 Å². The molecule has 0 aliphatic rings. The minimum atomic E-state index is -3.70. The fourth-order valence-electron chi connectivity index (χ4n) is 4.23. The molecule has 3 rings (SSSR count). The maximum atomic E-state index is 13.3. The first-order chi connectivity index (χ1) is 16.8. The van der Waals surface area contributed by atoms with Crippen molar-refractivity contribution in [3.05, 3.63) is 82.6 Å². The Hall–Kier alpha value is -2.57. The molecule has 5 nitrogen and oxygen atoms in total. The minimum absolute atomic E-state index is 0.276. The second kappa shape index (κ2) is 12.9. The van der Waals surface area contributed by atoms with Gasteiger partial charge in [-0.3, -0.25) is 0 Å². The maximum Gasteiger partial charge on any atom is 0.266 e. The van der Waals surface area contributed by atoms with Crippen molar-refractivity contribution in [1.29, 1.82) is 0 Å². The van der Waals surface area contributed by atoms with Crippen molar-refractivity contribution < 1.29 is 17.6 Å². The molecule has 0 spiro atoms. The van der Waals surface area contributed by atoms with Gasteiger partial charge < -0.3 is 9.15 Å². The molecule has 0 saturated heterocycles. The first kappa shape index (κ1) is 27.0. The number of unbranched alkanes of at least 4 members (excludes halogenated alkanes) is 3. The molecular weight excluding hydrogens is 458 g/mol. The average Bonchev–Trinajstić information content (AvgIpc) is 3.17. The number of aryl methyl sites for hydroxylation is 2. The van der Waals surface area contributed by atoms with Crippen LogP contribution in [0, 0.1) is 13.8 Å². The number of anilines is 1. The Morgan fingerprint density at radius 1 is 0.857 bits per heavy atom. The van der Waals surface area contributed by atoms with Gasteiger partial charge in [-0.2, -0.15) is 0 Å². The molecule has 190 valence electrons. The van der Waals surface area contributed by atoms with Crippen LogP contribution in [0.1, 0.15) is 67.0 Å². The lowest BCUT2D eigenvalue weighted by Gasteiger charge is -2.19. The molecule has 0 aliphatic carbocycles. The highest BCUT2D eigenvalue weighted by Crippen LogP contribution is 2.35. The van der Waals surface area contributed by atoms with Crippen molar-refractivity contribution in [1.82, 2.24) is 0 Å². The third-order valence-corrected chi connectivity index (χ3v) is 8.12. The van der Waals surface area contributed by atoms with Crippen molar-refractivity contribution in [3.8, 4) is 0 Å². The van der Waals surface area contributed by atoms with Crippen LogP contribution in [0.25, 0.3) is 0 Å². The molecule has 0 aliphatic heterocycles. The Kier molecular flexibility index (Phi) is 9.99. The molecule has 0 atom stereocenters. The summed E-state index contributed by atoms with van der Waals surface area (Å²) in [5, 5.41) is 0. The number of benzene rings is 2. The van der Waals surface area contributed by atoms with Crippen molar-refractivity contribution in [2.45, 2.75) is 77.2 Å². The first-order valence-corrected chi connectivity index (χ1v) is 14.1. The zero-order chi connectivity index (χ0) is 25.3. The van der Waals surface area contributed by atoms with Gasteiger partial charge in [-0.1, -0.05) is 67.8 Å². The molecule has 0 radical (unpaired) electrons. The molecule has 3 aromatic rings. The summed E-state index contributed by atoms with van der Waals surface area (Å²) in [6.07, 6.45) is 6.79. The molecule has 0 amide bonds. The highest BCUT2D eigenvalue weighted by Gasteiger charge is 2.28. The molecule has 2 aromatic carbocycles. The smallest absolute Gasteiger partial charge is 0.266 e. The van der Waals surface area contributed by atoms with E-state index in [4.69, 9.17) is 9.15 Å². The van der Waals surface area contributed by atoms with Gasteiger partial charge in [-0.15, -0.1) is 0 Å². The minimum Gasteiger partial charge on any atom is -0.444 e. The lowest BCUT2D eigenvalue weighted by molar-refractivity contribution is 0.117. The predicted octanol–water partition coefficient (Wildman–Crippen LogP) is 6.99. The summed E-state index contributed by atoms with van der Waals surface area (Å²) in [5.41, 5.74) is 4.41. The molecule has 0 bridgehead atoms. The van der Waals surface area contributed by atoms with Crippen molar-refractivity contribution >= 4 is 15.9 Å². The van der Waals surface area contributed by atoms with Gasteiger partial charge in [0.15, 0.2) is 0 Å². The molecule has 0 saturated carbocycles. The van der Waals surface area contributed by atoms with E-state index in [0.717, 1.165) is 74.0 Å². The van der Waals surface area contributed by atoms with Crippen molar-refractivity contribution in [2.75, 3.05) is 18.0 Å². The topological polar surface area (TPSA) is 59.8 Å². The Bertz CT molecular complexity index is 1150. The summed E-state index contributed by atoms with van der Waals surface area (Å²) in [6.45, 7) is 7.43. The van der Waals surface area contributed by atoms with Crippen LogP contribution in [-0.4, -0.2) is 22.1 Å². The number of hydrogen-bond donors (Lipinski definition) is 0. The molecule has 1 heterocycles. The summed E-state index contributed by atoms with van der Waals surface area (Å²) in [5.74, 6) is 1.27. The SMILES string of the molecule is CCCCc1c(N(C)S(=O)(=O)c2ccc(C)cc2)oc(C)c1CCCCCOCc1ccccc1. The van der Waals surface area contributed by atoms with E-state index < -0.39 is 10.0 Å². The fourth-order valence-corrected chi connectivity index (χ4v) is 5.39. The van der Waals surface area contributed by atoms with E-state index in [1.165, 1.54) is 9.87 Å². The zero-order valence-electron chi connectivity index (χ0n) is 21.5. The number of nitrogens with zero attached hydrogens (tertiary/aromatic N) is 1. The monoisotopic (exact) mass is 497 g/mol. The Labute approximate surface area is 211 Å². The van der Waals surface area contributed by atoms with Gasteiger partial charge in [0.05, 0.1) is 11.5 Å². The molecular formula is C29H39NO4S. The van der Waals surface area contributed by atoms with E-state index in [9.17, 15) is 8.42 Å². The number of rotatable bonds is 14. The van der Waals surface area contributed by atoms with Crippen LogP contribution in [0.2, 0.25) is 0 Å². The molecule has 35 heavy (non-hydrogen) atoms. The summed E-state index contributed by atoms with van der Waals surface area (Å²) >= 11 is 0. The van der Waals surface area contributed by atoms with Crippen LogP contribution in [0.3, 0.4) is 0 Å². The molecule has 0 N–H and O–H groups in total. The summed E-state index contributed by atoms with van der Waals surface area (Å²) < 4.78 is 39.8. The van der Waals surface area contributed by atoms with E-state index in [-0.39, 0.29) is 4.90 Å². The van der Waals surface area contributed by atoms with Gasteiger partial charge in [-0.25, -0.2) is 12.7 Å². The molecule has 1 aromatic heterocycles. The van der Waals surface area contributed by atoms with Crippen molar-refractivity contribution in [2.24, 2.45) is 0 Å². The van der Waals surface area contributed by atoms with Gasteiger partial charge in [0.1, 0.15) is 5.76 Å². The van der Waals surface area contributed by atoms with Crippen LogP contribution < -0.4 is 4.31 Å². The normalized spacial score (nSPS) is 11.7. The van der Waals surface area contributed by atoms with E-state index in [2.05, 4.69) is 19.1 Å². The largest absolute Gasteiger partial charge is 0.444 e. The molecule has 0 unspecified atom stereocenters. The predicted molar refractivity (Wildman–Crippen MR) is 142 cm³/mol. The van der Waals surface area contributed by atoms with Crippen LogP contribution in [0.15, 0.2) is 63.9 Å². The Morgan fingerprint density at radius 3 is 2.23 bits per heavy atom. The van der Waals surface area contributed by atoms with E-state index in [0.29, 0.717) is 12.5 Å². The number of ether oxygens (including phenoxy) is 1. The third kappa shape index (κ3) is 7.21. The first-order valence-electron chi connectivity index (χ1n) is 12.6. The fraction of sp³-hybridized carbons (Fsp3) is 0.448. The summed E-state index contributed by atoms with van der Waals surface area (Å²) in [6, 6.07) is 17.2. The number of furan rings is 1. The Morgan fingerprint density at radius 2 is 1.54 bits per heavy atom. The van der Waals surface area contributed by atoms with Gasteiger partial charge in [0, 0.05) is 19.2 Å². The van der Waals surface area contributed by atoms with Crippen LogP contribution in [0.4, 0.5) is 5.88 Å². The third-order valence-electron chi connectivity index (χ3n) is 6.37. The van der Waals surface area contributed by atoms with Crippen LogP contribution >= 0.6 is 0 Å². The lowest BCUT2D eigenvalue weighted by Crippen LogP contribution is -2.27. The lowest BCUT2D eigenvalue weighted by atomic mass is 9.99.